The van der Waals surface area contributed by atoms with Crippen LogP contribution in [0.25, 0.3) is 0 Å². The van der Waals surface area contributed by atoms with Gasteiger partial charge in [0.1, 0.15) is 5.75 Å². The lowest BCUT2D eigenvalue weighted by molar-refractivity contribution is -0.123. The summed E-state index contributed by atoms with van der Waals surface area (Å²) in [5.41, 5.74) is -0.0513. The first kappa shape index (κ1) is 16.3. The molecule has 0 aliphatic carbocycles. The van der Waals surface area contributed by atoms with Gasteiger partial charge in [-0.05, 0) is 31.0 Å². The molecule has 6 heteroatoms. The lowest BCUT2D eigenvalue weighted by atomic mass is 10.2. The van der Waals surface area contributed by atoms with Gasteiger partial charge in [-0.3, -0.25) is 4.79 Å². The van der Waals surface area contributed by atoms with Gasteiger partial charge in [0.2, 0.25) is 0 Å². The molecule has 0 heterocycles. The van der Waals surface area contributed by atoms with Crippen LogP contribution in [0.2, 0.25) is 5.02 Å². The van der Waals surface area contributed by atoms with Crippen molar-refractivity contribution in [3.05, 3.63) is 28.8 Å². The van der Waals surface area contributed by atoms with Gasteiger partial charge in [-0.2, -0.15) is 0 Å². The van der Waals surface area contributed by atoms with Crippen molar-refractivity contribution >= 4 is 23.5 Å². The second kappa shape index (κ2) is 7.75. The number of nitrogens with one attached hydrogen (secondary N) is 1. The van der Waals surface area contributed by atoms with Gasteiger partial charge in [0.05, 0.1) is 10.6 Å². The summed E-state index contributed by atoms with van der Waals surface area (Å²) in [5.74, 6) is -1.07. The summed E-state index contributed by atoms with van der Waals surface area (Å²) in [4.78, 5) is 22.6. The average Bonchev–Trinajstić information content (AvgIpc) is 2.43. The SMILES string of the molecule is CCC(CC)NC(=O)COc1ccc(Cl)c(C(=O)O)c1. The lowest BCUT2D eigenvalue weighted by Crippen LogP contribution is -2.37. The number of carboxylic acid groups (broad SMARTS) is 1. The number of amides is 1. The Morgan fingerprint density at radius 3 is 2.55 bits per heavy atom. The van der Waals surface area contributed by atoms with Crippen LogP contribution in [0.5, 0.6) is 5.75 Å². The number of rotatable bonds is 7. The zero-order valence-electron chi connectivity index (χ0n) is 11.5. The molecule has 1 rings (SSSR count). The Morgan fingerprint density at radius 1 is 1.35 bits per heavy atom. The first-order valence-electron chi connectivity index (χ1n) is 6.42. The van der Waals surface area contributed by atoms with E-state index in [2.05, 4.69) is 5.32 Å². The molecule has 0 fully saturated rings. The maximum absolute atomic E-state index is 11.7. The number of carbonyl (C=O) groups excluding carboxylic acids is 1. The zero-order chi connectivity index (χ0) is 15.1. The highest BCUT2D eigenvalue weighted by atomic mass is 35.5. The van der Waals surface area contributed by atoms with Gasteiger partial charge in [0, 0.05) is 6.04 Å². The lowest BCUT2D eigenvalue weighted by Gasteiger charge is -2.15. The topological polar surface area (TPSA) is 75.6 Å². The van der Waals surface area contributed by atoms with Crippen LogP contribution in [0.15, 0.2) is 18.2 Å². The van der Waals surface area contributed by atoms with E-state index in [1.165, 1.54) is 18.2 Å². The van der Waals surface area contributed by atoms with Crippen LogP contribution >= 0.6 is 11.6 Å². The standard InChI is InChI=1S/C14H18ClNO4/c1-3-9(4-2)16-13(17)8-20-10-5-6-12(15)11(7-10)14(18)19/h5-7,9H,3-4,8H2,1-2H3,(H,16,17)(H,18,19). The van der Waals surface area contributed by atoms with E-state index in [4.69, 9.17) is 21.4 Å². The molecule has 0 unspecified atom stereocenters. The first-order valence-corrected chi connectivity index (χ1v) is 6.80. The highest BCUT2D eigenvalue weighted by molar-refractivity contribution is 6.33. The predicted molar refractivity (Wildman–Crippen MR) is 76.4 cm³/mol. The van der Waals surface area contributed by atoms with E-state index < -0.39 is 5.97 Å². The highest BCUT2D eigenvalue weighted by Crippen LogP contribution is 2.22. The quantitative estimate of drug-likeness (QED) is 0.811. The van der Waals surface area contributed by atoms with Crippen molar-refractivity contribution in [3.8, 4) is 5.75 Å². The van der Waals surface area contributed by atoms with E-state index in [-0.39, 0.29) is 29.1 Å². The Kier molecular flexibility index (Phi) is 6.31. The summed E-state index contributed by atoms with van der Waals surface area (Å²) < 4.78 is 5.27. The Hall–Kier alpha value is -1.75. The van der Waals surface area contributed by atoms with Gasteiger partial charge in [-0.1, -0.05) is 25.4 Å². The summed E-state index contributed by atoms with van der Waals surface area (Å²) in [5, 5.41) is 11.9. The fraction of sp³-hybridized carbons (Fsp3) is 0.429. The molecule has 0 radical (unpaired) electrons. The van der Waals surface area contributed by atoms with Crippen LogP contribution in [-0.2, 0) is 4.79 Å². The maximum atomic E-state index is 11.7. The van der Waals surface area contributed by atoms with Gasteiger partial charge in [0.15, 0.2) is 6.61 Å². The van der Waals surface area contributed by atoms with Gasteiger partial charge < -0.3 is 15.2 Å². The van der Waals surface area contributed by atoms with E-state index in [1.54, 1.807) is 0 Å². The van der Waals surface area contributed by atoms with Crippen molar-refractivity contribution in [2.24, 2.45) is 0 Å². The Balaban J connectivity index is 2.60. The van der Waals surface area contributed by atoms with Crippen molar-refractivity contribution in [1.29, 1.82) is 0 Å². The van der Waals surface area contributed by atoms with Crippen molar-refractivity contribution in [1.82, 2.24) is 5.32 Å². The van der Waals surface area contributed by atoms with E-state index >= 15 is 0 Å². The minimum Gasteiger partial charge on any atom is -0.484 e. The summed E-state index contributed by atoms with van der Waals surface area (Å²) in [7, 11) is 0. The van der Waals surface area contributed by atoms with E-state index in [0.717, 1.165) is 12.8 Å². The smallest absolute Gasteiger partial charge is 0.337 e. The molecule has 0 saturated carbocycles. The van der Waals surface area contributed by atoms with Gasteiger partial charge in [0.25, 0.3) is 5.91 Å². The molecule has 0 bridgehead atoms. The van der Waals surface area contributed by atoms with E-state index in [0.29, 0.717) is 5.75 Å². The molecule has 1 aromatic rings. The molecule has 0 atom stereocenters. The Morgan fingerprint density at radius 2 is 2.00 bits per heavy atom. The second-order valence-electron chi connectivity index (χ2n) is 4.32. The number of carbonyl (C=O) groups is 2. The maximum Gasteiger partial charge on any atom is 0.337 e. The number of halogens is 1. The van der Waals surface area contributed by atoms with Crippen LogP contribution in [0, 0.1) is 0 Å². The Bertz CT molecular complexity index is 486. The predicted octanol–water partition coefficient (Wildman–Crippen LogP) is 2.72. The summed E-state index contributed by atoms with van der Waals surface area (Å²) in [6, 6.07) is 4.39. The fourth-order valence-electron chi connectivity index (χ4n) is 1.67. The van der Waals surface area contributed by atoms with Crippen molar-refractivity contribution < 1.29 is 19.4 Å². The molecule has 0 aromatic heterocycles. The fourth-order valence-corrected chi connectivity index (χ4v) is 1.87. The second-order valence-corrected chi connectivity index (χ2v) is 4.72. The van der Waals surface area contributed by atoms with Gasteiger partial charge in [-0.15, -0.1) is 0 Å². The molecule has 5 nitrogen and oxygen atoms in total. The molecular formula is C14H18ClNO4. The molecule has 0 aliphatic heterocycles. The summed E-state index contributed by atoms with van der Waals surface area (Å²) >= 11 is 5.74. The van der Waals surface area contributed by atoms with Crippen molar-refractivity contribution in [2.75, 3.05) is 6.61 Å². The van der Waals surface area contributed by atoms with Gasteiger partial charge >= 0.3 is 5.97 Å². The monoisotopic (exact) mass is 299 g/mol. The van der Waals surface area contributed by atoms with Crippen molar-refractivity contribution in [3.63, 3.8) is 0 Å². The number of aromatic carboxylic acids is 1. The first-order chi connectivity index (χ1) is 9.47. The summed E-state index contributed by atoms with van der Waals surface area (Å²) in [6.45, 7) is 3.83. The van der Waals surface area contributed by atoms with Crippen LogP contribution in [0.1, 0.15) is 37.0 Å². The number of benzene rings is 1. The average molecular weight is 300 g/mol. The summed E-state index contributed by atoms with van der Waals surface area (Å²) in [6.07, 6.45) is 1.71. The molecular weight excluding hydrogens is 282 g/mol. The third kappa shape index (κ3) is 4.74. The van der Waals surface area contributed by atoms with Crippen LogP contribution in [0.3, 0.4) is 0 Å². The van der Waals surface area contributed by atoms with Crippen LogP contribution < -0.4 is 10.1 Å². The molecule has 110 valence electrons. The highest BCUT2D eigenvalue weighted by Gasteiger charge is 2.12. The largest absolute Gasteiger partial charge is 0.484 e. The van der Waals surface area contributed by atoms with Crippen LogP contribution in [0.4, 0.5) is 0 Å². The number of hydrogen-bond donors (Lipinski definition) is 2. The van der Waals surface area contributed by atoms with Crippen LogP contribution in [-0.4, -0.2) is 29.6 Å². The molecule has 20 heavy (non-hydrogen) atoms. The third-order valence-corrected chi connectivity index (χ3v) is 3.22. The van der Waals surface area contributed by atoms with E-state index in [9.17, 15) is 9.59 Å². The molecule has 1 aromatic carbocycles. The molecule has 0 aliphatic rings. The number of carboxylic acids is 1. The molecule has 0 spiro atoms. The molecule has 0 saturated heterocycles. The molecule has 1 amide bonds. The number of hydrogen-bond acceptors (Lipinski definition) is 3. The zero-order valence-corrected chi connectivity index (χ0v) is 12.2. The van der Waals surface area contributed by atoms with Gasteiger partial charge in [-0.25, -0.2) is 4.79 Å². The minimum atomic E-state index is -1.14. The number of ether oxygens (including phenoxy) is 1. The van der Waals surface area contributed by atoms with Crippen molar-refractivity contribution in [2.45, 2.75) is 32.7 Å². The third-order valence-electron chi connectivity index (χ3n) is 2.89. The molecule has 2 N–H and O–H groups in total. The van der Waals surface area contributed by atoms with E-state index in [1.807, 2.05) is 13.8 Å². The minimum absolute atomic E-state index is 0.0513. The normalized spacial score (nSPS) is 10.4. The Labute approximate surface area is 122 Å².